The molecular weight excluding hydrogens is 224 g/mol. The number of pyridine rings is 1. The molecule has 2 unspecified atom stereocenters. The predicted molar refractivity (Wildman–Crippen MR) is 64.6 cm³/mol. The highest BCUT2D eigenvalue weighted by molar-refractivity contribution is 6.29. The van der Waals surface area contributed by atoms with E-state index >= 15 is 0 Å². The van der Waals surface area contributed by atoms with Crippen molar-refractivity contribution in [2.45, 2.75) is 19.4 Å². The van der Waals surface area contributed by atoms with Crippen LogP contribution in [0.3, 0.4) is 0 Å². The van der Waals surface area contributed by atoms with Crippen LogP contribution in [0.1, 0.15) is 24.9 Å². The average molecular weight is 241 g/mol. The number of halogens is 1. The fourth-order valence-corrected chi connectivity index (χ4v) is 2.07. The van der Waals surface area contributed by atoms with Gasteiger partial charge in [0.05, 0.1) is 6.61 Å². The smallest absolute Gasteiger partial charge is 0.129 e. The third kappa shape index (κ3) is 3.17. The van der Waals surface area contributed by atoms with Gasteiger partial charge in [-0.3, -0.25) is 0 Å². The highest BCUT2D eigenvalue weighted by Gasteiger charge is 2.16. The Hall–Kier alpha value is -0.640. The van der Waals surface area contributed by atoms with Crippen LogP contribution < -0.4 is 5.32 Å². The van der Waals surface area contributed by atoms with Crippen molar-refractivity contribution in [3.05, 3.63) is 29.0 Å². The third-order valence-corrected chi connectivity index (χ3v) is 3.19. The Morgan fingerprint density at radius 1 is 1.69 bits per heavy atom. The number of hydrogen-bond acceptors (Lipinski definition) is 3. The third-order valence-electron chi connectivity index (χ3n) is 2.99. The van der Waals surface area contributed by atoms with E-state index in [4.69, 9.17) is 16.3 Å². The second-order valence-corrected chi connectivity index (χ2v) is 4.66. The Morgan fingerprint density at radius 3 is 3.25 bits per heavy atom. The molecule has 2 heterocycles. The van der Waals surface area contributed by atoms with Crippen LogP contribution in [0.2, 0.25) is 5.15 Å². The molecule has 1 aliphatic heterocycles. The first kappa shape index (κ1) is 11.8. The van der Waals surface area contributed by atoms with Crippen LogP contribution in [-0.4, -0.2) is 24.7 Å². The van der Waals surface area contributed by atoms with Gasteiger partial charge in [0.25, 0.3) is 0 Å². The Balaban J connectivity index is 1.85. The van der Waals surface area contributed by atoms with E-state index in [1.807, 2.05) is 12.1 Å². The summed E-state index contributed by atoms with van der Waals surface area (Å²) in [5, 5.41) is 4.05. The summed E-state index contributed by atoms with van der Waals surface area (Å²) in [4.78, 5) is 3.98. The standard InChI is InChI=1S/C12H17ClN2O/c1-9(11-2-4-14-12(13)6-11)15-7-10-3-5-16-8-10/h2,4,6,9-10,15H,3,5,7-8H2,1H3. The molecule has 1 fully saturated rings. The second kappa shape index (κ2) is 5.62. The van der Waals surface area contributed by atoms with E-state index in [0.717, 1.165) is 26.2 Å². The van der Waals surface area contributed by atoms with Crippen molar-refractivity contribution >= 4 is 11.6 Å². The first-order valence-electron chi connectivity index (χ1n) is 5.68. The molecule has 0 spiro atoms. The maximum absolute atomic E-state index is 5.86. The summed E-state index contributed by atoms with van der Waals surface area (Å²) in [6.07, 6.45) is 2.91. The highest BCUT2D eigenvalue weighted by Crippen LogP contribution is 2.17. The van der Waals surface area contributed by atoms with Crippen LogP contribution in [0.5, 0.6) is 0 Å². The molecule has 0 amide bonds. The molecule has 1 aromatic heterocycles. The molecule has 1 N–H and O–H groups in total. The molecule has 0 radical (unpaired) electrons. The van der Waals surface area contributed by atoms with Gasteiger partial charge < -0.3 is 10.1 Å². The van der Waals surface area contributed by atoms with Crippen molar-refractivity contribution in [2.75, 3.05) is 19.8 Å². The number of hydrogen-bond donors (Lipinski definition) is 1. The minimum Gasteiger partial charge on any atom is -0.381 e. The van der Waals surface area contributed by atoms with Crippen molar-refractivity contribution in [1.29, 1.82) is 0 Å². The Morgan fingerprint density at radius 2 is 2.56 bits per heavy atom. The van der Waals surface area contributed by atoms with E-state index in [1.54, 1.807) is 6.20 Å². The molecule has 2 atom stereocenters. The van der Waals surface area contributed by atoms with Crippen LogP contribution in [0.25, 0.3) is 0 Å². The van der Waals surface area contributed by atoms with Gasteiger partial charge in [0.15, 0.2) is 0 Å². The summed E-state index contributed by atoms with van der Waals surface area (Å²) in [5.41, 5.74) is 1.18. The lowest BCUT2D eigenvalue weighted by atomic mass is 10.1. The van der Waals surface area contributed by atoms with Gasteiger partial charge in [-0.2, -0.15) is 0 Å². The quantitative estimate of drug-likeness (QED) is 0.821. The normalized spacial score (nSPS) is 22.2. The van der Waals surface area contributed by atoms with Crippen LogP contribution in [0, 0.1) is 5.92 Å². The van der Waals surface area contributed by atoms with Gasteiger partial charge in [0.2, 0.25) is 0 Å². The maximum Gasteiger partial charge on any atom is 0.129 e. The van der Waals surface area contributed by atoms with Crippen LogP contribution in [0.15, 0.2) is 18.3 Å². The summed E-state index contributed by atoms with van der Waals surface area (Å²) in [5.74, 6) is 0.653. The molecular formula is C12H17ClN2O. The monoisotopic (exact) mass is 240 g/mol. The molecule has 1 aliphatic rings. The van der Waals surface area contributed by atoms with E-state index in [2.05, 4.69) is 17.2 Å². The summed E-state index contributed by atoms with van der Waals surface area (Å²) in [6, 6.07) is 4.21. The highest BCUT2D eigenvalue weighted by atomic mass is 35.5. The Labute approximate surface area is 101 Å². The van der Waals surface area contributed by atoms with Gasteiger partial charge >= 0.3 is 0 Å². The lowest BCUT2D eigenvalue weighted by molar-refractivity contribution is 0.184. The van der Waals surface area contributed by atoms with Gasteiger partial charge in [0.1, 0.15) is 5.15 Å². The van der Waals surface area contributed by atoms with Crippen molar-refractivity contribution in [1.82, 2.24) is 10.3 Å². The molecule has 1 aromatic rings. The largest absolute Gasteiger partial charge is 0.381 e. The number of aromatic nitrogens is 1. The Bertz CT molecular complexity index is 340. The summed E-state index contributed by atoms with van der Waals surface area (Å²) < 4.78 is 5.34. The first-order chi connectivity index (χ1) is 7.75. The lowest BCUT2D eigenvalue weighted by Gasteiger charge is -2.16. The lowest BCUT2D eigenvalue weighted by Crippen LogP contribution is -2.26. The number of nitrogens with zero attached hydrogens (tertiary/aromatic N) is 1. The van der Waals surface area contributed by atoms with Crippen molar-refractivity contribution in [3.63, 3.8) is 0 Å². The molecule has 2 rings (SSSR count). The number of rotatable bonds is 4. The van der Waals surface area contributed by atoms with Crippen LogP contribution in [-0.2, 0) is 4.74 Å². The molecule has 0 aliphatic carbocycles. The molecule has 3 nitrogen and oxygen atoms in total. The van der Waals surface area contributed by atoms with E-state index < -0.39 is 0 Å². The van der Waals surface area contributed by atoms with E-state index in [-0.39, 0.29) is 0 Å². The molecule has 16 heavy (non-hydrogen) atoms. The minimum atomic E-state index is 0.307. The zero-order valence-electron chi connectivity index (χ0n) is 9.45. The molecule has 1 saturated heterocycles. The van der Waals surface area contributed by atoms with Crippen molar-refractivity contribution in [2.24, 2.45) is 5.92 Å². The average Bonchev–Trinajstić information content (AvgIpc) is 2.78. The van der Waals surface area contributed by atoms with Crippen LogP contribution >= 0.6 is 11.6 Å². The predicted octanol–water partition coefficient (Wildman–Crippen LogP) is 2.42. The second-order valence-electron chi connectivity index (χ2n) is 4.27. The van der Waals surface area contributed by atoms with Gasteiger partial charge in [-0.1, -0.05) is 11.6 Å². The van der Waals surface area contributed by atoms with Gasteiger partial charge in [-0.15, -0.1) is 0 Å². The molecule has 88 valence electrons. The molecule has 0 bridgehead atoms. The zero-order chi connectivity index (χ0) is 11.4. The zero-order valence-corrected chi connectivity index (χ0v) is 10.2. The van der Waals surface area contributed by atoms with E-state index in [0.29, 0.717) is 17.1 Å². The fourth-order valence-electron chi connectivity index (χ4n) is 1.89. The SMILES string of the molecule is CC(NCC1CCOC1)c1ccnc(Cl)c1. The van der Waals surface area contributed by atoms with Crippen molar-refractivity contribution < 1.29 is 4.74 Å². The van der Waals surface area contributed by atoms with Gasteiger partial charge in [-0.05, 0) is 37.0 Å². The van der Waals surface area contributed by atoms with E-state index in [1.165, 1.54) is 5.56 Å². The van der Waals surface area contributed by atoms with E-state index in [9.17, 15) is 0 Å². The van der Waals surface area contributed by atoms with Crippen molar-refractivity contribution in [3.8, 4) is 0 Å². The molecule has 4 heteroatoms. The summed E-state index contributed by atoms with van der Waals surface area (Å²) in [7, 11) is 0. The van der Waals surface area contributed by atoms with Crippen LogP contribution in [0.4, 0.5) is 0 Å². The molecule has 0 aromatic carbocycles. The maximum atomic E-state index is 5.86. The topological polar surface area (TPSA) is 34.1 Å². The molecule has 0 saturated carbocycles. The first-order valence-corrected chi connectivity index (χ1v) is 6.06. The van der Waals surface area contributed by atoms with Gasteiger partial charge in [0, 0.05) is 25.4 Å². The van der Waals surface area contributed by atoms with Gasteiger partial charge in [-0.25, -0.2) is 4.98 Å². The Kier molecular flexibility index (Phi) is 4.16. The minimum absolute atomic E-state index is 0.307. The fraction of sp³-hybridized carbons (Fsp3) is 0.583. The summed E-state index contributed by atoms with van der Waals surface area (Å²) in [6.45, 7) is 4.93. The number of nitrogens with one attached hydrogen (secondary N) is 1. The number of ether oxygens (including phenoxy) is 1. The summed E-state index contributed by atoms with van der Waals surface area (Å²) >= 11 is 5.86.